The van der Waals surface area contributed by atoms with E-state index in [1.54, 1.807) is 19.2 Å². The lowest BCUT2D eigenvalue weighted by molar-refractivity contribution is -0.0504. The SMILES string of the molecule is CN=C(NCc1cccc(CN(C)C)c1)NCc1cc(OC)ccc1OC(F)F. The van der Waals surface area contributed by atoms with Crippen LogP contribution in [0.4, 0.5) is 8.78 Å². The van der Waals surface area contributed by atoms with Gasteiger partial charge in [-0.2, -0.15) is 8.78 Å². The molecular formula is C21H28F2N4O2. The van der Waals surface area contributed by atoms with Crippen molar-refractivity contribution in [3.8, 4) is 11.5 Å². The zero-order valence-corrected chi connectivity index (χ0v) is 17.2. The number of aliphatic imine (C=N–C) groups is 1. The van der Waals surface area contributed by atoms with E-state index in [0.29, 0.717) is 23.8 Å². The zero-order chi connectivity index (χ0) is 21.2. The molecule has 2 rings (SSSR count). The number of nitrogens with one attached hydrogen (secondary N) is 2. The lowest BCUT2D eigenvalue weighted by atomic mass is 10.1. The summed E-state index contributed by atoms with van der Waals surface area (Å²) < 4.78 is 35.1. The number of nitrogens with zero attached hydrogens (tertiary/aromatic N) is 2. The van der Waals surface area contributed by atoms with Crippen molar-refractivity contribution < 1.29 is 18.3 Å². The van der Waals surface area contributed by atoms with E-state index >= 15 is 0 Å². The summed E-state index contributed by atoms with van der Waals surface area (Å²) in [7, 11) is 7.23. The topological polar surface area (TPSA) is 58.1 Å². The Balaban J connectivity index is 1.99. The minimum atomic E-state index is -2.89. The predicted molar refractivity (Wildman–Crippen MR) is 110 cm³/mol. The number of ether oxygens (including phenoxy) is 2. The van der Waals surface area contributed by atoms with Gasteiger partial charge < -0.3 is 25.0 Å². The third kappa shape index (κ3) is 7.57. The monoisotopic (exact) mass is 406 g/mol. The smallest absolute Gasteiger partial charge is 0.387 e. The Morgan fingerprint density at radius 1 is 1.07 bits per heavy atom. The summed E-state index contributed by atoms with van der Waals surface area (Å²) in [5.74, 6) is 1.21. The maximum Gasteiger partial charge on any atom is 0.387 e. The first-order valence-electron chi connectivity index (χ1n) is 9.20. The average Bonchev–Trinajstić information content (AvgIpc) is 2.68. The summed E-state index contributed by atoms with van der Waals surface area (Å²) in [6.45, 7) is -1.20. The first-order valence-corrected chi connectivity index (χ1v) is 9.20. The van der Waals surface area contributed by atoms with E-state index in [9.17, 15) is 8.78 Å². The van der Waals surface area contributed by atoms with Crippen molar-refractivity contribution >= 4 is 5.96 Å². The maximum atomic E-state index is 12.7. The quantitative estimate of drug-likeness (QED) is 0.495. The van der Waals surface area contributed by atoms with Crippen molar-refractivity contribution in [2.24, 2.45) is 4.99 Å². The molecule has 0 spiro atoms. The van der Waals surface area contributed by atoms with Crippen molar-refractivity contribution in [1.82, 2.24) is 15.5 Å². The van der Waals surface area contributed by atoms with Gasteiger partial charge in [0, 0.05) is 32.2 Å². The second-order valence-corrected chi connectivity index (χ2v) is 6.69. The van der Waals surface area contributed by atoms with Crippen LogP contribution >= 0.6 is 0 Å². The molecule has 0 aliphatic heterocycles. The summed E-state index contributed by atoms with van der Waals surface area (Å²) in [4.78, 5) is 6.30. The van der Waals surface area contributed by atoms with Crippen molar-refractivity contribution in [3.05, 3.63) is 59.2 Å². The Kier molecular flexibility index (Phi) is 8.67. The molecule has 0 saturated heterocycles. The van der Waals surface area contributed by atoms with Gasteiger partial charge in [0.15, 0.2) is 5.96 Å². The molecule has 0 atom stereocenters. The van der Waals surface area contributed by atoms with Crippen molar-refractivity contribution in [2.75, 3.05) is 28.3 Å². The fraction of sp³-hybridized carbons (Fsp3) is 0.381. The first kappa shape index (κ1) is 22.4. The summed E-state index contributed by atoms with van der Waals surface area (Å²) >= 11 is 0. The van der Waals surface area contributed by atoms with Crippen LogP contribution in [0, 0.1) is 0 Å². The van der Waals surface area contributed by atoms with E-state index < -0.39 is 6.61 Å². The van der Waals surface area contributed by atoms with Crippen LogP contribution in [0.1, 0.15) is 16.7 Å². The molecule has 29 heavy (non-hydrogen) atoms. The molecule has 0 heterocycles. The molecule has 158 valence electrons. The molecule has 0 saturated carbocycles. The second-order valence-electron chi connectivity index (χ2n) is 6.69. The molecule has 2 aromatic carbocycles. The van der Waals surface area contributed by atoms with Gasteiger partial charge in [-0.15, -0.1) is 0 Å². The van der Waals surface area contributed by atoms with Crippen LogP contribution in [-0.2, 0) is 19.6 Å². The third-order valence-electron chi connectivity index (χ3n) is 4.10. The minimum absolute atomic E-state index is 0.0974. The third-order valence-corrected chi connectivity index (χ3v) is 4.10. The average molecular weight is 406 g/mol. The van der Waals surface area contributed by atoms with Crippen LogP contribution in [0.25, 0.3) is 0 Å². The van der Waals surface area contributed by atoms with Gasteiger partial charge in [-0.1, -0.05) is 24.3 Å². The van der Waals surface area contributed by atoms with Crippen LogP contribution in [0.2, 0.25) is 0 Å². The number of rotatable bonds is 9. The summed E-state index contributed by atoms with van der Waals surface area (Å²) in [6, 6.07) is 13.0. The van der Waals surface area contributed by atoms with Crippen molar-refractivity contribution in [2.45, 2.75) is 26.2 Å². The van der Waals surface area contributed by atoms with Crippen LogP contribution < -0.4 is 20.1 Å². The van der Waals surface area contributed by atoms with E-state index in [1.807, 2.05) is 26.2 Å². The summed E-state index contributed by atoms with van der Waals surface area (Å²) in [5.41, 5.74) is 2.89. The number of benzene rings is 2. The molecule has 6 nitrogen and oxygen atoms in total. The van der Waals surface area contributed by atoms with E-state index in [4.69, 9.17) is 4.74 Å². The highest BCUT2D eigenvalue weighted by molar-refractivity contribution is 5.79. The predicted octanol–water partition coefficient (Wildman–Crippen LogP) is 3.22. The Hall–Kier alpha value is -2.87. The molecule has 0 amide bonds. The second kappa shape index (κ2) is 11.2. The molecule has 2 N–H and O–H groups in total. The Morgan fingerprint density at radius 3 is 2.45 bits per heavy atom. The first-order chi connectivity index (χ1) is 13.9. The Bertz CT molecular complexity index is 813. The Labute approximate surface area is 170 Å². The molecule has 0 aliphatic carbocycles. The van der Waals surface area contributed by atoms with E-state index in [0.717, 1.165) is 12.1 Å². The summed E-state index contributed by atoms with van der Waals surface area (Å²) in [6.07, 6.45) is 0. The van der Waals surface area contributed by atoms with E-state index in [2.05, 4.69) is 37.4 Å². The van der Waals surface area contributed by atoms with Gasteiger partial charge in [0.1, 0.15) is 11.5 Å². The van der Waals surface area contributed by atoms with Gasteiger partial charge in [-0.25, -0.2) is 0 Å². The molecule has 0 radical (unpaired) electrons. The Morgan fingerprint density at radius 2 is 1.79 bits per heavy atom. The van der Waals surface area contributed by atoms with Crippen molar-refractivity contribution in [3.63, 3.8) is 0 Å². The van der Waals surface area contributed by atoms with Gasteiger partial charge in [0.2, 0.25) is 0 Å². The molecule has 0 bridgehead atoms. The molecule has 0 unspecified atom stereocenters. The highest BCUT2D eigenvalue weighted by Gasteiger charge is 2.11. The number of hydrogen-bond acceptors (Lipinski definition) is 4. The lowest BCUT2D eigenvalue weighted by Crippen LogP contribution is -2.36. The molecular weight excluding hydrogens is 378 g/mol. The van der Waals surface area contributed by atoms with Gasteiger partial charge in [0.25, 0.3) is 0 Å². The fourth-order valence-electron chi connectivity index (χ4n) is 2.82. The number of guanidine groups is 1. The minimum Gasteiger partial charge on any atom is -0.497 e. The van der Waals surface area contributed by atoms with Gasteiger partial charge in [0.05, 0.1) is 7.11 Å². The summed E-state index contributed by atoms with van der Waals surface area (Å²) in [5, 5.41) is 6.35. The number of alkyl halides is 2. The number of hydrogen-bond donors (Lipinski definition) is 2. The number of methoxy groups -OCH3 is 1. The number of halogens is 2. The van der Waals surface area contributed by atoms with Crippen LogP contribution in [-0.4, -0.2) is 45.7 Å². The van der Waals surface area contributed by atoms with Crippen LogP contribution in [0.15, 0.2) is 47.5 Å². The zero-order valence-electron chi connectivity index (χ0n) is 17.2. The largest absolute Gasteiger partial charge is 0.497 e. The highest BCUT2D eigenvalue weighted by atomic mass is 19.3. The standard InChI is InChI=1S/C21H28F2N4O2/c1-24-21(25-12-15-6-5-7-16(10-15)14-27(2)3)26-13-17-11-18(28-4)8-9-19(17)29-20(22)23/h5-11,20H,12-14H2,1-4H3,(H2,24,25,26). The molecule has 8 heteroatoms. The molecule has 2 aromatic rings. The normalized spacial score (nSPS) is 11.7. The van der Waals surface area contributed by atoms with E-state index in [-0.39, 0.29) is 12.3 Å². The van der Waals surface area contributed by atoms with Gasteiger partial charge in [-0.3, -0.25) is 4.99 Å². The van der Waals surface area contributed by atoms with Gasteiger partial charge >= 0.3 is 6.61 Å². The van der Waals surface area contributed by atoms with Gasteiger partial charge in [-0.05, 0) is 43.4 Å². The lowest BCUT2D eigenvalue weighted by Gasteiger charge is -2.16. The van der Waals surface area contributed by atoms with Crippen LogP contribution in [0.5, 0.6) is 11.5 Å². The van der Waals surface area contributed by atoms with Crippen molar-refractivity contribution in [1.29, 1.82) is 0 Å². The van der Waals surface area contributed by atoms with Crippen LogP contribution in [0.3, 0.4) is 0 Å². The molecule has 0 aromatic heterocycles. The fourth-order valence-corrected chi connectivity index (χ4v) is 2.82. The molecule has 0 fully saturated rings. The maximum absolute atomic E-state index is 12.7. The highest BCUT2D eigenvalue weighted by Crippen LogP contribution is 2.25. The van der Waals surface area contributed by atoms with E-state index in [1.165, 1.54) is 18.7 Å². The molecule has 0 aliphatic rings.